The lowest BCUT2D eigenvalue weighted by molar-refractivity contribution is 0.102. The molecule has 0 saturated heterocycles. The number of amides is 1. The molecule has 5 heteroatoms. The molecule has 0 unspecified atom stereocenters. The molecule has 0 saturated carbocycles. The van der Waals surface area contributed by atoms with Gasteiger partial charge in [-0.05, 0) is 32.0 Å². The molecule has 0 aliphatic carbocycles. The van der Waals surface area contributed by atoms with Gasteiger partial charge in [0.25, 0.3) is 5.91 Å². The van der Waals surface area contributed by atoms with Gasteiger partial charge in [0.15, 0.2) is 0 Å². The molecule has 0 fully saturated rings. The zero-order valence-corrected chi connectivity index (χ0v) is 15.8. The molecule has 4 nitrogen and oxygen atoms in total. The van der Waals surface area contributed by atoms with Crippen molar-refractivity contribution in [3.05, 3.63) is 83.1 Å². The maximum atomic E-state index is 12.4. The highest BCUT2D eigenvalue weighted by Crippen LogP contribution is 2.29. The van der Waals surface area contributed by atoms with E-state index in [0.29, 0.717) is 11.3 Å². The number of carbonyl (C=O) groups is 1. The molecule has 27 heavy (non-hydrogen) atoms. The summed E-state index contributed by atoms with van der Waals surface area (Å²) in [6, 6.07) is 19.6. The van der Waals surface area contributed by atoms with Gasteiger partial charge in [-0.1, -0.05) is 42.5 Å². The van der Waals surface area contributed by atoms with Crippen molar-refractivity contribution in [2.24, 2.45) is 0 Å². The van der Waals surface area contributed by atoms with Crippen molar-refractivity contribution in [3.63, 3.8) is 0 Å². The van der Waals surface area contributed by atoms with Crippen LogP contribution in [0.25, 0.3) is 21.8 Å². The van der Waals surface area contributed by atoms with Gasteiger partial charge in [-0.3, -0.25) is 4.79 Å². The Kier molecular flexibility index (Phi) is 4.60. The van der Waals surface area contributed by atoms with Gasteiger partial charge in [0.05, 0.1) is 11.3 Å². The van der Waals surface area contributed by atoms with Gasteiger partial charge in [0.1, 0.15) is 16.5 Å². The Bertz CT molecular complexity index is 1080. The van der Waals surface area contributed by atoms with E-state index in [4.69, 9.17) is 9.40 Å². The second kappa shape index (κ2) is 7.21. The fraction of sp³-hybridized carbons (Fsp3) is 0.0909. The van der Waals surface area contributed by atoms with E-state index in [2.05, 4.69) is 17.4 Å². The first kappa shape index (κ1) is 17.2. The van der Waals surface area contributed by atoms with Crippen LogP contribution in [-0.2, 0) is 0 Å². The summed E-state index contributed by atoms with van der Waals surface area (Å²) in [6.45, 7) is 3.62. The Hall–Kier alpha value is -3.18. The highest BCUT2D eigenvalue weighted by molar-refractivity contribution is 7.13. The normalized spacial score (nSPS) is 10.7. The largest absolute Gasteiger partial charge is 0.466 e. The Morgan fingerprint density at radius 3 is 2.41 bits per heavy atom. The number of anilines is 1. The van der Waals surface area contributed by atoms with Gasteiger partial charge >= 0.3 is 0 Å². The van der Waals surface area contributed by atoms with E-state index in [1.165, 1.54) is 0 Å². The summed E-state index contributed by atoms with van der Waals surface area (Å²) in [5.41, 5.74) is 4.35. The zero-order valence-electron chi connectivity index (χ0n) is 15.0. The van der Waals surface area contributed by atoms with Gasteiger partial charge in [-0.15, -0.1) is 11.3 Å². The quantitative estimate of drug-likeness (QED) is 0.481. The highest BCUT2D eigenvalue weighted by Gasteiger charge is 2.14. The molecule has 134 valence electrons. The molecule has 4 aromatic rings. The van der Waals surface area contributed by atoms with Gasteiger partial charge in [0, 0.05) is 22.2 Å². The third-order valence-electron chi connectivity index (χ3n) is 4.25. The van der Waals surface area contributed by atoms with E-state index in [-0.39, 0.29) is 5.91 Å². The third kappa shape index (κ3) is 3.68. The minimum atomic E-state index is -0.169. The summed E-state index contributed by atoms with van der Waals surface area (Å²) in [7, 11) is 0. The number of benzene rings is 2. The molecular weight excluding hydrogens is 356 g/mol. The van der Waals surface area contributed by atoms with Gasteiger partial charge in [-0.25, -0.2) is 4.98 Å². The first-order valence-corrected chi connectivity index (χ1v) is 9.48. The molecule has 4 rings (SSSR count). The van der Waals surface area contributed by atoms with Crippen molar-refractivity contribution in [3.8, 4) is 21.8 Å². The van der Waals surface area contributed by atoms with Crippen LogP contribution in [0.4, 0.5) is 5.69 Å². The van der Waals surface area contributed by atoms with E-state index in [1.54, 1.807) is 24.3 Å². The number of hydrogen-bond donors (Lipinski definition) is 1. The molecule has 1 N–H and O–H groups in total. The lowest BCUT2D eigenvalue weighted by atomic mass is 10.1. The van der Waals surface area contributed by atoms with E-state index < -0.39 is 0 Å². The van der Waals surface area contributed by atoms with E-state index in [0.717, 1.165) is 33.3 Å². The number of nitrogens with zero attached hydrogens (tertiary/aromatic N) is 1. The molecule has 2 aromatic carbocycles. The van der Waals surface area contributed by atoms with Crippen molar-refractivity contribution in [2.45, 2.75) is 13.8 Å². The van der Waals surface area contributed by atoms with Gasteiger partial charge < -0.3 is 9.73 Å². The molecule has 0 spiro atoms. The van der Waals surface area contributed by atoms with Crippen LogP contribution < -0.4 is 5.32 Å². The third-order valence-corrected chi connectivity index (χ3v) is 5.14. The second-order valence-electron chi connectivity index (χ2n) is 6.26. The summed E-state index contributed by atoms with van der Waals surface area (Å²) in [6.07, 6.45) is 0. The van der Waals surface area contributed by atoms with E-state index in [1.807, 2.05) is 54.8 Å². The fourth-order valence-corrected chi connectivity index (χ4v) is 3.73. The lowest BCUT2D eigenvalue weighted by Gasteiger charge is -2.05. The van der Waals surface area contributed by atoms with Crippen LogP contribution >= 0.6 is 11.3 Å². The Balaban J connectivity index is 1.50. The van der Waals surface area contributed by atoms with E-state index >= 15 is 0 Å². The molecule has 0 aliphatic heterocycles. The molecule has 0 aliphatic rings. The molecule has 1 amide bonds. The molecule has 0 bridgehead atoms. The number of aromatic nitrogens is 1. The zero-order chi connectivity index (χ0) is 18.8. The number of thiazole rings is 1. The Labute approximate surface area is 161 Å². The Morgan fingerprint density at radius 2 is 1.74 bits per heavy atom. The predicted octanol–water partition coefficient (Wildman–Crippen LogP) is 5.94. The maximum Gasteiger partial charge on any atom is 0.259 e. The van der Waals surface area contributed by atoms with Crippen molar-refractivity contribution >= 4 is 22.9 Å². The lowest BCUT2D eigenvalue weighted by Crippen LogP contribution is -2.11. The summed E-state index contributed by atoms with van der Waals surface area (Å²) in [4.78, 5) is 17.1. The van der Waals surface area contributed by atoms with Crippen molar-refractivity contribution in [1.29, 1.82) is 0 Å². The summed E-state index contributed by atoms with van der Waals surface area (Å²) in [5.74, 6) is 1.18. The van der Waals surface area contributed by atoms with Crippen LogP contribution in [0.5, 0.6) is 0 Å². The van der Waals surface area contributed by atoms with Gasteiger partial charge in [-0.2, -0.15) is 0 Å². The summed E-state index contributed by atoms with van der Waals surface area (Å²) >= 11 is 1.62. The van der Waals surface area contributed by atoms with Crippen molar-refractivity contribution in [1.82, 2.24) is 4.98 Å². The number of carbonyl (C=O) groups excluding carboxylic acids is 1. The van der Waals surface area contributed by atoms with Crippen LogP contribution in [0.1, 0.15) is 21.9 Å². The van der Waals surface area contributed by atoms with E-state index in [9.17, 15) is 4.79 Å². The average Bonchev–Trinajstić information content (AvgIpc) is 3.30. The fourth-order valence-electron chi connectivity index (χ4n) is 2.90. The minimum Gasteiger partial charge on any atom is -0.466 e. The maximum absolute atomic E-state index is 12.4. The van der Waals surface area contributed by atoms with Crippen molar-refractivity contribution in [2.75, 3.05) is 5.32 Å². The van der Waals surface area contributed by atoms with Crippen molar-refractivity contribution < 1.29 is 9.21 Å². The van der Waals surface area contributed by atoms with Crippen LogP contribution in [0.15, 0.2) is 70.5 Å². The molecule has 0 radical (unpaired) electrons. The summed E-state index contributed by atoms with van der Waals surface area (Å²) in [5, 5.41) is 5.95. The number of rotatable bonds is 4. The number of nitrogens with one attached hydrogen (secondary N) is 1. The minimum absolute atomic E-state index is 0.169. The summed E-state index contributed by atoms with van der Waals surface area (Å²) < 4.78 is 5.42. The standard InChI is InChI=1S/C22H18N2O2S/c1-14-12-19(15(2)26-14)21(25)23-18-10-8-16(9-11-18)20-13-27-22(24-20)17-6-4-3-5-7-17/h3-13H,1-2H3,(H,23,25). The predicted molar refractivity (Wildman–Crippen MR) is 109 cm³/mol. The van der Waals surface area contributed by atoms with Crippen LogP contribution in [0, 0.1) is 13.8 Å². The molecule has 2 aromatic heterocycles. The number of hydrogen-bond acceptors (Lipinski definition) is 4. The molecule has 2 heterocycles. The highest BCUT2D eigenvalue weighted by atomic mass is 32.1. The van der Waals surface area contributed by atoms with Crippen LogP contribution in [0.2, 0.25) is 0 Å². The molecular formula is C22H18N2O2S. The van der Waals surface area contributed by atoms with Crippen LogP contribution in [0.3, 0.4) is 0 Å². The Morgan fingerprint density at radius 1 is 1.00 bits per heavy atom. The molecule has 0 atom stereocenters. The smallest absolute Gasteiger partial charge is 0.259 e. The number of furan rings is 1. The topological polar surface area (TPSA) is 55.1 Å². The van der Waals surface area contributed by atoms with Crippen LogP contribution in [-0.4, -0.2) is 10.9 Å². The first-order chi connectivity index (χ1) is 13.1. The second-order valence-corrected chi connectivity index (χ2v) is 7.12. The monoisotopic (exact) mass is 374 g/mol. The first-order valence-electron chi connectivity index (χ1n) is 8.60. The number of aryl methyl sites for hydroxylation is 2. The van der Waals surface area contributed by atoms with Gasteiger partial charge in [0.2, 0.25) is 0 Å². The average molecular weight is 374 g/mol. The SMILES string of the molecule is Cc1cc(C(=O)Nc2ccc(-c3csc(-c4ccccc4)n3)cc2)c(C)o1.